The number of benzene rings is 2. The fourth-order valence-corrected chi connectivity index (χ4v) is 3.05. The highest BCUT2D eigenvalue weighted by Gasteiger charge is 2.42. The van der Waals surface area contributed by atoms with Crippen LogP contribution >= 0.6 is 0 Å². The van der Waals surface area contributed by atoms with Crippen LogP contribution in [0.25, 0.3) is 0 Å². The Morgan fingerprint density at radius 2 is 1.46 bits per heavy atom. The molecule has 134 valence electrons. The minimum Gasteiger partial charge on any atom is -0.354 e. The molecule has 0 spiro atoms. The van der Waals surface area contributed by atoms with Crippen molar-refractivity contribution in [2.75, 3.05) is 6.54 Å². The molecular weight excluding hydrogens is 328 g/mol. The Bertz CT molecular complexity index is 795. The fourth-order valence-electron chi connectivity index (χ4n) is 3.05. The van der Waals surface area contributed by atoms with Crippen LogP contribution in [0.15, 0.2) is 54.6 Å². The van der Waals surface area contributed by atoms with E-state index in [1.807, 2.05) is 44.2 Å². The highest BCUT2D eigenvalue weighted by molar-refractivity contribution is 6.22. The average Bonchev–Trinajstić information content (AvgIpc) is 2.90. The van der Waals surface area contributed by atoms with Gasteiger partial charge in [-0.15, -0.1) is 0 Å². The third-order valence-electron chi connectivity index (χ3n) is 4.40. The number of amides is 3. The third kappa shape index (κ3) is 3.52. The molecule has 0 unspecified atom stereocenters. The topological polar surface area (TPSA) is 66.5 Å². The maximum absolute atomic E-state index is 12.8. The molecule has 0 aromatic heterocycles. The van der Waals surface area contributed by atoms with E-state index in [2.05, 4.69) is 5.32 Å². The molecule has 1 aliphatic rings. The monoisotopic (exact) mass is 350 g/mol. The SMILES string of the molecule is CC(C)CNC(=O)[C@@H](Cc1ccccc1)N1C(=O)c2ccccc2C1=O. The van der Waals surface area contributed by atoms with E-state index in [0.717, 1.165) is 10.5 Å². The van der Waals surface area contributed by atoms with Crippen molar-refractivity contribution in [3.63, 3.8) is 0 Å². The summed E-state index contributed by atoms with van der Waals surface area (Å²) in [6, 6.07) is 15.2. The molecule has 1 aliphatic heterocycles. The first kappa shape index (κ1) is 17.9. The summed E-state index contributed by atoms with van der Waals surface area (Å²) in [5, 5.41) is 2.86. The van der Waals surface area contributed by atoms with Gasteiger partial charge in [-0.05, 0) is 23.6 Å². The normalized spacial score (nSPS) is 14.5. The van der Waals surface area contributed by atoms with Crippen LogP contribution in [-0.2, 0) is 11.2 Å². The standard InChI is InChI=1S/C21H22N2O3/c1-14(2)13-22-19(24)18(12-15-8-4-3-5-9-15)23-20(25)16-10-6-7-11-17(16)21(23)26/h3-11,14,18H,12-13H2,1-2H3,(H,22,24)/t18-/m1/s1. The van der Waals surface area contributed by atoms with E-state index in [9.17, 15) is 14.4 Å². The molecule has 3 amide bonds. The predicted octanol–water partition coefficient (Wildman–Crippen LogP) is 2.67. The fraction of sp³-hybridized carbons (Fsp3) is 0.286. The highest BCUT2D eigenvalue weighted by atomic mass is 16.2. The van der Waals surface area contributed by atoms with Crippen LogP contribution in [0.1, 0.15) is 40.1 Å². The van der Waals surface area contributed by atoms with E-state index in [1.165, 1.54) is 0 Å². The quantitative estimate of drug-likeness (QED) is 0.815. The maximum Gasteiger partial charge on any atom is 0.262 e. The largest absolute Gasteiger partial charge is 0.354 e. The van der Waals surface area contributed by atoms with Crippen LogP contribution in [0, 0.1) is 5.92 Å². The van der Waals surface area contributed by atoms with Gasteiger partial charge in [0, 0.05) is 13.0 Å². The van der Waals surface area contributed by atoms with Crippen molar-refractivity contribution in [2.45, 2.75) is 26.3 Å². The molecule has 0 fully saturated rings. The van der Waals surface area contributed by atoms with Crippen molar-refractivity contribution in [3.05, 3.63) is 71.3 Å². The zero-order chi connectivity index (χ0) is 18.7. The lowest BCUT2D eigenvalue weighted by atomic mass is 10.0. The van der Waals surface area contributed by atoms with Crippen LogP contribution in [-0.4, -0.2) is 35.2 Å². The van der Waals surface area contributed by atoms with E-state index < -0.39 is 17.9 Å². The highest BCUT2D eigenvalue weighted by Crippen LogP contribution is 2.26. The number of fused-ring (bicyclic) bond motifs is 1. The van der Waals surface area contributed by atoms with Crippen molar-refractivity contribution in [1.29, 1.82) is 0 Å². The average molecular weight is 350 g/mol. The number of rotatable bonds is 6. The molecule has 1 heterocycles. The first-order valence-corrected chi connectivity index (χ1v) is 8.77. The van der Waals surface area contributed by atoms with Crippen LogP contribution in [0.4, 0.5) is 0 Å². The van der Waals surface area contributed by atoms with Crippen molar-refractivity contribution >= 4 is 17.7 Å². The van der Waals surface area contributed by atoms with E-state index in [1.54, 1.807) is 24.3 Å². The maximum atomic E-state index is 12.8. The van der Waals surface area contributed by atoms with E-state index >= 15 is 0 Å². The first-order valence-electron chi connectivity index (χ1n) is 8.77. The number of nitrogens with one attached hydrogen (secondary N) is 1. The number of carbonyl (C=O) groups is 3. The van der Waals surface area contributed by atoms with Gasteiger partial charge in [0.15, 0.2) is 0 Å². The van der Waals surface area contributed by atoms with Gasteiger partial charge in [0.25, 0.3) is 11.8 Å². The Labute approximate surface area is 153 Å². The summed E-state index contributed by atoms with van der Waals surface area (Å²) in [5.41, 5.74) is 1.60. The zero-order valence-electron chi connectivity index (χ0n) is 14.9. The van der Waals surface area contributed by atoms with Crippen molar-refractivity contribution < 1.29 is 14.4 Å². The van der Waals surface area contributed by atoms with E-state index in [-0.39, 0.29) is 18.2 Å². The molecule has 0 radical (unpaired) electrons. The molecule has 0 bridgehead atoms. The van der Waals surface area contributed by atoms with Gasteiger partial charge in [0.05, 0.1) is 11.1 Å². The molecule has 2 aromatic carbocycles. The zero-order valence-corrected chi connectivity index (χ0v) is 14.9. The minimum atomic E-state index is -0.872. The number of nitrogens with zero attached hydrogens (tertiary/aromatic N) is 1. The van der Waals surface area contributed by atoms with Gasteiger partial charge in [-0.2, -0.15) is 0 Å². The Balaban J connectivity index is 1.91. The number of carbonyl (C=O) groups excluding carboxylic acids is 3. The van der Waals surface area contributed by atoms with Gasteiger partial charge in [-0.3, -0.25) is 19.3 Å². The van der Waals surface area contributed by atoms with Gasteiger partial charge in [0.1, 0.15) is 6.04 Å². The summed E-state index contributed by atoms with van der Waals surface area (Å²) < 4.78 is 0. The van der Waals surface area contributed by atoms with Gasteiger partial charge in [-0.25, -0.2) is 0 Å². The Kier molecular flexibility index (Phi) is 5.16. The second-order valence-electron chi connectivity index (χ2n) is 6.87. The van der Waals surface area contributed by atoms with Crippen LogP contribution in [0.2, 0.25) is 0 Å². The summed E-state index contributed by atoms with van der Waals surface area (Å²) in [6.07, 6.45) is 0.288. The molecule has 0 saturated heterocycles. The van der Waals surface area contributed by atoms with E-state index in [0.29, 0.717) is 17.7 Å². The van der Waals surface area contributed by atoms with Crippen LogP contribution in [0.5, 0.6) is 0 Å². The number of imide groups is 1. The Morgan fingerprint density at radius 1 is 0.923 bits per heavy atom. The summed E-state index contributed by atoms with van der Waals surface area (Å²) in [5.74, 6) is -0.854. The molecule has 0 aliphatic carbocycles. The Hall–Kier alpha value is -2.95. The molecule has 1 atom stereocenters. The number of hydrogen-bond donors (Lipinski definition) is 1. The molecule has 1 N–H and O–H groups in total. The molecule has 3 rings (SSSR count). The van der Waals surface area contributed by atoms with Crippen LogP contribution < -0.4 is 5.32 Å². The summed E-state index contributed by atoms with van der Waals surface area (Å²) in [6.45, 7) is 4.48. The lowest BCUT2D eigenvalue weighted by molar-refractivity contribution is -0.125. The molecule has 2 aromatic rings. The summed E-state index contributed by atoms with van der Waals surface area (Å²) >= 11 is 0. The van der Waals surface area contributed by atoms with Crippen LogP contribution in [0.3, 0.4) is 0 Å². The van der Waals surface area contributed by atoms with Gasteiger partial charge < -0.3 is 5.32 Å². The van der Waals surface area contributed by atoms with Crippen molar-refractivity contribution in [3.8, 4) is 0 Å². The summed E-state index contributed by atoms with van der Waals surface area (Å²) in [4.78, 5) is 39.5. The lowest BCUT2D eigenvalue weighted by Gasteiger charge is -2.26. The molecule has 5 nitrogen and oxygen atoms in total. The van der Waals surface area contributed by atoms with Crippen molar-refractivity contribution in [1.82, 2.24) is 10.2 Å². The third-order valence-corrected chi connectivity index (χ3v) is 4.40. The minimum absolute atomic E-state index is 0.276. The molecule has 0 saturated carbocycles. The van der Waals surface area contributed by atoms with Crippen molar-refractivity contribution in [2.24, 2.45) is 5.92 Å². The lowest BCUT2D eigenvalue weighted by Crippen LogP contribution is -2.51. The second-order valence-corrected chi connectivity index (χ2v) is 6.87. The molecule has 5 heteroatoms. The summed E-state index contributed by atoms with van der Waals surface area (Å²) in [7, 11) is 0. The number of hydrogen-bond acceptors (Lipinski definition) is 3. The molecule has 26 heavy (non-hydrogen) atoms. The first-order chi connectivity index (χ1) is 12.5. The van der Waals surface area contributed by atoms with E-state index in [4.69, 9.17) is 0 Å². The second kappa shape index (κ2) is 7.52. The van der Waals surface area contributed by atoms with Gasteiger partial charge in [-0.1, -0.05) is 56.3 Å². The van der Waals surface area contributed by atoms with Gasteiger partial charge in [0.2, 0.25) is 5.91 Å². The Morgan fingerprint density at radius 3 is 2.00 bits per heavy atom. The predicted molar refractivity (Wildman–Crippen MR) is 98.7 cm³/mol. The molecular formula is C21H22N2O3. The smallest absolute Gasteiger partial charge is 0.262 e. The van der Waals surface area contributed by atoms with Gasteiger partial charge >= 0.3 is 0 Å².